The number of hydrogen-bond donors (Lipinski definition) is 2. The second-order valence-electron chi connectivity index (χ2n) is 7.25. The second kappa shape index (κ2) is 7.13. The average Bonchev–Trinajstić information content (AvgIpc) is 3.06. The Hall–Kier alpha value is -1.12. The summed E-state index contributed by atoms with van der Waals surface area (Å²) in [5, 5.41) is 8.74. The Labute approximate surface area is 163 Å². The molecule has 2 bridgehead atoms. The van der Waals surface area contributed by atoms with Crippen LogP contribution in [0.5, 0.6) is 0 Å². The van der Waals surface area contributed by atoms with Crippen molar-refractivity contribution in [2.75, 3.05) is 18.4 Å². The van der Waals surface area contributed by atoms with Gasteiger partial charge in [0, 0.05) is 25.7 Å². The predicted molar refractivity (Wildman–Crippen MR) is 106 cm³/mol. The minimum absolute atomic E-state index is 0.110. The minimum Gasteiger partial charge on any atom is -0.380 e. The van der Waals surface area contributed by atoms with E-state index in [0.29, 0.717) is 27.9 Å². The predicted octanol–water partition coefficient (Wildman–Crippen LogP) is 3.37. The van der Waals surface area contributed by atoms with Gasteiger partial charge in [0.05, 0.1) is 5.69 Å². The van der Waals surface area contributed by atoms with E-state index >= 15 is 0 Å². The largest absolute Gasteiger partial charge is 0.380 e. The maximum Gasteiger partial charge on any atom is 0.247 e. The minimum atomic E-state index is -3.71. The van der Waals surface area contributed by atoms with Crippen molar-refractivity contribution in [2.45, 2.75) is 29.6 Å². The average molecular weight is 412 g/mol. The second-order valence-corrected chi connectivity index (χ2v) is 10.7. The topological polar surface area (TPSA) is 75.4 Å². The Morgan fingerprint density at radius 1 is 1.19 bits per heavy atom. The molecule has 1 saturated carbocycles. The van der Waals surface area contributed by atoms with Crippen LogP contribution in [0.15, 0.2) is 40.6 Å². The van der Waals surface area contributed by atoms with Crippen molar-refractivity contribution in [1.29, 1.82) is 0 Å². The van der Waals surface area contributed by atoms with E-state index in [1.807, 2.05) is 6.07 Å². The van der Waals surface area contributed by atoms with Crippen molar-refractivity contribution < 1.29 is 8.42 Å². The number of rotatable bonds is 5. The van der Waals surface area contributed by atoms with E-state index in [0.717, 1.165) is 31.0 Å². The van der Waals surface area contributed by atoms with E-state index in [2.05, 4.69) is 34.5 Å². The molecule has 1 aromatic heterocycles. The molecule has 2 fully saturated rings. The molecule has 5 nitrogen and oxygen atoms in total. The number of likely N-dealkylation sites (tertiary alicyclic amines) is 1. The third kappa shape index (κ3) is 3.77. The van der Waals surface area contributed by atoms with E-state index < -0.39 is 10.0 Å². The number of thiophene rings is 1. The number of nitrogens with two attached hydrogens (primary N) is 1. The first-order valence-electron chi connectivity index (χ1n) is 8.75. The molecule has 1 aliphatic heterocycles. The van der Waals surface area contributed by atoms with E-state index in [1.54, 1.807) is 6.07 Å². The summed E-state index contributed by atoms with van der Waals surface area (Å²) in [6, 6.07) is 12.5. The molecule has 2 aliphatic rings. The number of anilines is 1. The lowest BCUT2D eigenvalue weighted by Crippen LogP contribution is -2.47. The first-order chi connectivity index (χ1) is 12.4. The highest BCUT2D eigenvalue weighted by molar-refractivity contribution is 7.91. The Bertz CT molecular complexity index is 871. The third-order valence-electron chi connectivity index (χ3n) is 5.43. The molecule has 0 unspecified atom stereocenters. The van der Waals surface area contributed by atoms with Crippen molar-refractivity contribution in [3.05, 3.63) is 46.3 Å². The van der Waals surface area contributed by atoms with Crippen LogP contribution in [0.2, 0.25) is 4.34 Å². The summed E-state index contributed by atoms with van der Waals surface area (Å²) in [6.07, 6.45) is 2.38. The SMILES string of the molecule is NS(=O)(=O)c1cc(N[C@@H]2[C@@H]3CC[C@H]2CN(Cc2ccccc2)C3)c(Cl)s1. The summed E-state index contributed by atoms with van der Waals surface area (Å²) in [7, 11) is -3.71. The first-order valence-corrected chi connectivity index (χ1v) is 11.5. The summed E-state index contributed by atoms with van der Waals surface area (Å²) in [5.74, 6) is 1.10. The van der Waals surface area contributed by atoms with Crippen LogP contribution in [-0.4, -0.2) is 32.4 Å². The molecule has 1 saturated heterocycles. The smallest absolute Gasteiger partial charge is 0.247 e. The van der Waals surface area contributed by atoms with Gasteiger partial charge in [-0.25, -0.2) is 13.6 Å². The maximum absolute atomic E-state index is 11.5. The molecule has 3 N–H and O–H groups in total. The van der Waals surface area contributed by atoms with E-state index in [9.17, 15) is 8.42 Å². The maximum atomic E-state index is 11.5. The first kappa shape index (κ1) is 18.3. The van der Waals surface area contributed by atoms with Gasteiger partial charge in [-0.1, -0.05) is 41.9 Å². The van der Waals surface area contributed by atoms with Gasteiger partial charge < -0.3 is 5.32 Å². The molecular weight excluding hydrogens is 390 g/mol. The summed E-state index contributed by atoms with van der Waals surface area (Å²) in [6.45, 7) is 3.08. The number of benzene rings is 1. The van der Waals surface area contributed by atoms with Gasteiger partial charge in [0.15, 0.2) is 0 Å². The number of halogens is 1. The molecular formula is C18H22ClN3O2S2. The van der Waals surface area contributed by atoms with Crippen LogP contribution in [0, 0.1) is 11.8 Å². The molecule has 2 aromatic rings. The zero-order valence-electron chi connectivity index (χ0n) is 14.3. The van der Waals surface area contributed by atoms with Crippen LogP contribution >= 0.6 is 22.9 Å². The van der Waals surface area contributed by atoms with Gasteiger partial charge in [-0.3, -0.25) is 4.90 Å². The number of sulfonamides is 1. The number of nitrogens with zero attached hydrogens (tertiary/aromatic N) is 1. The Morgan fingerprint density at radius 2 is 1.85 bits per heavy atom. The van der Waals surface area contributed by atoms with Crippen LogP contribution in [0.4, 0.5) is 5.69 Å². The molecule has 1 aromatic carbocycles. The van der Waals surface area contributed by atoms with Gasteiger partial charge in [-0.05, 0) is 36.3 Å². The number of hydrogen-bond acceptors (Lipinski definition) is 5. The molecule has 2 heterocycles. The van der Waals surface area contributed by atoms with Crippen LogP contribution in [0.1, 0.15) is 18.4 Å². The molecule has 0 radical (unpaired) electrons. The Morgan fingerprint density at radius 3 is 2.42 bits per heavy atom. The lowest BCUT2D eigenvalue weighted by molar-refractivity contribution is 0.148. The van der Waals surface area contributed by atoms with Gasteiger partial charge in [-0.15, -0.1) is 11.3 Å². The number of primary sulfonamides is 1. The third-order valence-corrected chi connectivity index (χ3v) is 8.20. The van der Waals surface area contributed by atoms with Crippen LogP contribution in [0.25, 0.3) is 0 Å². The highest BCUT2D eigenvalue weighted by Gasteiger charge is 2.42. The van der Waals surface area contributed by atoms with E-state index in [4.69, 9.17) is 16.7 Å². The summed E-state index contributed by atoms with van der Waals surface area (Å²) < 4.78 is 23.7. The van der Waals surface area contributed by atoms with Crippen molar-refractivity contribution in [1.82, 2.24) is 4.90 Å². The zero-order valence-corrected chi connectivity index (χ0v) is 16.7. The van der Waals surface area contributed by atoms with Crippen LogP contribution in [-0.2, 0) is 16.6 Å². The lowest BCUT2D eigenvalue weighted by Gasteiger charge is -2.38. The van der Waals surface area contributed by atoms with E-state index in [-0.39, 0.29) is 4.21 Å². The lowest BCUT2D eigenvalue weighted by atomic mass is 9.91. The molecule has 4 rings (SSSR count). The van der Waals surface area contributed by atoms with Crippen molar-refractivity contribution >= 4 is 38.6 Å². The Balaban J connectivity index is 1.45. The molecule has 0 amide bonds. The normalized spacial score (nSPS) is 26.2. The fourth-order valence-corrected chi connectivity index (χ4v) is 6.37. The van der Waals surface area contributed by atoms with Crippen molar-refractivity contribution in [3.8, 4) is 0 Å². The summed E-state index contributed by atoms with van der Waals surface area (Å²) in [5.41, 5.74) is 2.04. The highest BCUT2D eigenvalue weighted by atomic mass is 35.5. The molecule has 140 valence electrons. The molecule has 8 heteroatoms. The molecule has 0 spiro atoms. The summed E-state index contributed by atoms with van der Waals surface area (Å²) >= 11 is 7.26. The van der Waals surface area contributed by atoms with Crippen LogP contribution < -0.4 is 10.5 Å². The van der Waals surface area contributed by atoms with Crippen molar-refractivity contribution in [2.24, 2.45) is 17.0 Å². The van der Waals surface area contributed by atoms with Crippen molar-refractivity contribution in [3.63, 3.8) is 0 Å². The van der Waals surface area contributed by atoms with Gasteiger partial charge in [0.2, 0.25) is 10.0 Å². The van der Waals surface area contributed by atoms with Gasteiger partial charge in [0.1, 0.15) is 8.55 Å². The fourth-order valence-electron chi connectivity index (χ4n) is 4.29. The highest BCUT2D eigenvalue weighted by Crippen LogP contribution is 2.42. The number of fused-ring (bicyclic) bond motifs is 2. The van der Waals surface area contributed by atoms with E-state index in [1.165, 1.54) is 18.4 Å². The van der Waals surface area contributed by atoms with Gasteiger partial charge in [0.25, 0.3) is 0 Å². The van der Waals surface area contributed by atoms with Gasteiger partial charge in [-0.2, -0.15) is 0 Å². The fraction of sp³-hybridized carbons (Fsp3) is 0.444. The van der Waals surface area contributed by atoms with Gasteiger partial charge >= 0.3 is 0 Å². The number of piperidine rings is 1. The molecule has 1 aliphatic carbocycles. The quantitative estimate of drug-likeness (QED) is 0.790. The molecule has 3 atom stereocenters. The summed E-state index contributed by atoms with van der Waals surface area (Å²) in [4.78, 5) is 2.53. The monoisotopic (exact) mass is 411 g/mol. The standard InChI is InChI=1S/C18H22ClN3O2S2/c19-18-15(8-16(25-18)26(20,23)24)21-17-13-6-7-14(17)11-22(10-13)9-12-4-2-1-3-5-12/h1-5,8,13-14,17,21H,6-7,9-11H2,(H2,20,23,24)/t13-,14+,17-. The number of nitrogens with one attached hydrogen (secondary N) is 1. The molecule has 26 heavy (non-hydrogen) atoms. The van der Waals surface area contributed by atoms with Crippen LogP contribution in [0.3, 0.4) is 0 Å². The Kier molecular flexibility index (Phi) is 5.00. The zero-order chi connectivity index (χ0) is 18.3.